The lowest BCUT2D eigenvalue weighted by atomic mass is 10.2. The highest BCUT2D eigenvalue weighted by Gasteiger charge is 2.31. The van der Waals surface area contributed by atoms with Gasteiger partial charge >= 0.3 is 6.36 Å². The summed E-state index contributed by atoms with van der Waals surface area (Å²) in [6.07, 6.45) is -4.73. The van der Waals surface area contributed by atoms with Gasteiger partial charge in [-0.05, 0) is 30.3 Å². The summed E-state index contributed by atoms with van der Waals surface area (Å²) >= 11 is 0. The molecule has 24 heavy (non-hydrogen) atoms. The van der Waals surface area contributed by atoms with Crippen molar-refractivity contribution in [1.29, 1.82) is 0 Å². The van der Waals surface area contributed by atoms with E-state index < -0.39 is 6.36 Å². The zero-order chi connectivity index (χ0) is 17.2. The molecule has 0 aliphatic carbocycles. The third kappa shape index (κ3) is 4.07. The van der Waals surface area contributed by atoms with Crippen LogP contribution in [0.5, 0.6) is 11.5 Å². The zero-order valence-electron chi connectivity index (χ0n) is 12.4. The van der Waals surface area contributed by atoms with Gasteiger partial charge in [-0.3, -0.25) is 0 Å². The van der Waals surface area contributed by atoms with Crippen LogP contribution in [0.3, 0.4) is 0 Å². The number of benzene rings is 2. The number of ether oxygens (including phenoxy) is 2. The second-order valence-corrected chi connectivity index (χ2v) is 5.07. The van der Waals surface area contributed by atoms with Crippen molar-refractivity contribution in [2.45, 2.75) is 13.0 Å². The van der Waals surface area contributed by atoms with Crippen molar-refractivity contribution in [1.82, 2.24) is 4.98 Å². The van der Waals surface area contributed by atoms with Crippen LogP contribution in [0.1, 0.15) is 5.69 Å². The van der Waals surface area contributed by atoms with Crippen LogP contribution in [0.4, 0.5) is 18.9 Å². The molecule has 0 aliphatic rings. The van der Waals surface area contributed by atoms with Crippen molar-refractivity contribution in [3.05, 3.63) is 60.3 Å². The van der Waals surface area contributed by atoms with Gasteiger partial charge in [-0.25, -0.2) is 4.98 Å². The molecule has 2 aromatic carbocycles. The summed E-state index contributed by atoms with van der Waals surface area (Å²) < 4.78 is 46.4. The molecule has 0 saturated heterocycles. The predicted octanol–water partition coefficient (Wildman–Crippen LogP) is 4.29. The summed E-state index contributed by atoms with van der Waals surface area (Å²) in [5.74, 6) is 0.280. The maximum Gasteiger partial charge on any atom is 0.573 e. The Morgan fingerprint density at radius 2 is 1.75 bits per heavy atom. The molecule has 3 aromatic rings. The van der Waals surface area contributed by atoms with Crippen LogP contribution < -0.4 is 15.2 Å². The number of anilines is 1. The number of hydrogen-bond donors (Lipinski definition) is 1. The number of hydrogen-bond acceptors (Lipinski definition) is 4. The van der Waals surface area contributed by atoms with Crippen molar-refractivity contribution in [3.63, 3.8) is 0 Å². The normalized spacial score (nSPS) is 11.5. The Morgan fingerprint density at radius 1 is 0.958 bits per heavy atom. The lowest BCUT2D eigenvalue weighted by molar-refractivity contribution is -0.274. The van der Waals surface area contributed by atoms with Gasteiger partial charge in [-0.1, -0.05) is 12.1 Å². The number of pyridine rings is 1. The molecular weight excluding hydrogens is 321 g/mol. The molecule has 0 aliphatic heterocycles. The SMILES string of the molecule is Nc1cccc(OCc2ccc3ccc(OC(F)(F)F)cc3n2)c1. The molecule has 124 valence electrons. The topological polar surface area (TPSA) is 57.4 Å². The standard InChI is InChI=1S/C17H13F3N2O2/c18-17(19,20)24-15-7-5-11-4-6-13(22-16(11)9-15)10-23-14-3-1-2-12(21)8-14/h1-9H,10,21H2. The maximum atomic E-state index is 12.3. The van der Waals surface area contributed by atoms with Crippen molar-refractivity contribution in [2.75, 3.05) is 5.73 Å². The molecule has 2 N–H and O–H groups in total. The van der Waals surface area contributed by atoms with Crippen LogP contribution in [0.25, 0.3) is 10.9 Å². The Morgan fingerprint density at radius 3 is 2.50 bits per heavy atom. The van der Waals surface area contributed by atoms with E-state index in [1.165, 1.54) is 18.2 Å². The highest BCUT2D eigenvalue weighted by Crippen LogP contribution is 2.26. The Hall–Kier alpha value is -2.96. The van der Waals surface area contributed by atoms with Crippen LogP contribution in [0.2, 0.25) is 0 Å². The maximum absolute atomic E-state index is 12.3. The minimum Gasteiger partial charge on any atom is -0.487 e. The Kier molecular flexibility index (Phi) is 4.16. The van der Waals surface area contributed by atoms with E-state index in [2.05, 4.69) is 9.72 Å². The van der Waals surface area contributed by atoms with Crippen LogP contribution >= 0.6 is 0 Å². The molecule has 4 nitrogen and oxygen atoms in total. The first kappa shape index (κ1) is 15.9. The van der Waals surface area contributed by atoms with E-state index >= 15 is 0 Å². The van der Waals surface area contributed by atoms with Gasteiger partial charge in [0.1, 0.15) is 18.1 Å². The predicted molar refractivity (Wildman–Crippen MR) is 83.6 cm³/mol. The van der Waals surface area contributed by atoms with Crippen LogP contribution in [0.15, 0.2) is 54.6 Å². The average molecular weight is 334 g/mol. The lowest BCUT2D eigenvalue weighted by Gasteiger charge is -2.10. The fourth-order valence-corrected chi connectivity index (χ4v) is 2.18. The third-order valence-corrected chi connectivity index (χ3v) is 3.20. The molecule has 0 fully saturated rings. The molecule has 0 amide bonds. The quantitative estimate of drug-likeness (QED) is 0.723. The van der Waals surface area contributed by atoms with Gasteiger partial charge in [0.05, 0.1) is 11.2 Å². The Labute approximate surface area is 135 Å². The van der Waals surface area contributed by atoms with Gasteiger partial charge < -0.3 is 15.2 Å². The molecular formula is C17H13F3N2O2. The smallest absolute Gasteiger partial charge is 0.487 e. The molecule has 7 heteroatoms. The fraction of sp³-hybridized carbons (Fsp3) is 0.118. The highest BCUT2D eigenvalue weighted by molar-refractivity contribution is 5.80. The number of nitrogens with two attached hydrogens (primary N) is 1. The summed E-state index contributed by atoms with van der Waals surface area (Å²) in [5.41, 5.74) is 7.22. The number of rotatable bonds is 4. The second-order valence-electron chi connectivity index (χ2n) is 5.07. The fourth-order valence-electron chi connectivity index (χ4n) is 2.18. The lowest BCUT2D eigenvalue weighted by Crippen LogP contribution is -2.17. The number of halogens is 3. The monoisotopic (exact) mass is 334 g/mol. The van der Waals surface area contributed by atoms with E-state index in [0.717, 1.165) is 0 Å². The van der Waals surface area contributed by atoms with Crippen LogP contribution in [-0.2, 0) is 6.61 Å². The van der Waals surface area contributed by atoms with E-state index in [1.54, 1.807) is 36.4 Å². The molecule has 3 rings (SSSR count). The number of nitrogen functional groups attached to an aromatic ring is 1. The zero-order valence-corrected chi connectivity index (χ0v) is 12.4. The second kappa shape index (κ2) is 6.27. The first-order valence-electron chi connectivity index (χ1n) is 7.03. The van der Waals surface area contributed by atoms with E-state index in [4.69, 9.17) is 10.5 Å². The summed E-state index contributed by atoms with van der Waals surface area (Å²) in [6, 6.07) is 14.5. The highest BCUT2D eigenvalue weighted by atomic mass is 19.4. The van der Waals surface area contributed by atoms with Gasteiger partial charge in [0.15, 0.2) is 0 Å². The number of fused-ring (bicyclic) bond motifs is 1. The van der Waals surface area contributed by atoms with E-state index in [0.29, 0.717) is 28.0 Å². The Bertz CT molecular complexity index is 866. The Balaban J connectivity index is 1.79. The first-order valence-corrected chi connectivity index (χ1v) is 7.03. The number of aromatic nitrogens is 1. The summed E-state index contributed by atoms with van der Waals surface area (Å²) in [7, 11) is 0. The van der Waals surface area contributed by atoms with Crippen molar-refractivity contribution < 1.29 is 22.6 Å². The molecule has 0 bridgehead atoms. The molecule has 0 unspecified atom stereocenters. The van der Waals surface area contributed by atoms with E-state index in [1.807, 2.05) is 0 Å². The van der Waals surface area contributed by atoms with Crippen LogP contribution in [-0.4, -0.2) is 11.3 Å². The van der Waals surface area contributed by atoms with Crippen molar-refractivity contribution in [2.24, 2.45) is 0 Å². The summed E-state index contributed by atoms with van der Waals surface area (Å²) in [5, 5.41) is 0.706. The molecule has 0 radical (unpaired) electrons. The molecule has 1 heterocycles. The van der Waals surface area contributed by atoms with E-state index in [-0.39, 0.29) is 12.4 Å². The molecule has 0 atom stereocenters. The van der Waals surface area contributed by atoms with Gasteiger partial charge in [0.25, 0.3) is 0 Å². The largest absolute Gasteiger partial charge is 0.573 e. The molecule has 0 spiro atoms. The number of nitrogens with zero attached hydrogens (tertiary/aromatic N) is 1. The summed E-state index contributed by atoms with van der Waals surface area (Å²) in [4.78, 5) is 4.30. The molecule has 0 saturated carbocycles. The summed E-state index contributed by atoms with van der Waals surface area (Å²) in [6.45, 7) is 0.170. The minimum absolute atomic E-state index is 0.170. The van der Waals surface area contributed by atoms with Gasteiger partial charge in [-0.15, -0.1) is 13.2 Å². The van der Waals surface area contributed by atoms with E-state index in [9.17, 15) is 13.2 Å². The van der Waals surface area contributed by atoms with Crippen molar-refractivity contribution in [3.8, 4) is 11.5 Å². The molecule has 1 aromatic heterocycles. The average Bonchev–Trinajstić information content (AvgIpc) is 2.51. The first-order chi connectivity index (χ1) is 11.4. The van der Waals surface area contributed by atoms with Crippen molar-refractivity contribution >= 4 is 16.6 Å². The third-order valence-electron chi connectivity index (χ3n) is 3.20. The van der Waals surface area contributed by atoms with Crippen LogP contribution in [0, 0.1) is 0 Å². The van der Waals surface area contributed by atoms with Gasteiger partial charge in [0.2, 0.25) is 0 Å². The number of alkyl halides is 3. The van der Waals surface area contributed by atoms with Gasteiger partial charge in [-0.2, -0.15) is 0 Å². The minimum atomic E-state index is -4.73. The van der Waals surface area contributed by atoms with Gasteiger partial charge in [0, 0.05) is 23.2 Å².